The lowest BCUT2D eigenvalue weighted by Gasteiger charge is -2.30. The molecule has 0 unspecified atom stereocenters. The third kappa shape index (κ3) is 5.42. The molecule has 0 saturated carbocycles. The minimum Gasteiger partial charge on any atom is -0.385 e. The highest BCUT2D eigenvalue weighted by Crippen LogP contribution is 2.32. The minimum absolute atomic E-state index is 0.269. The van der Waals surface area contributed by atoms with Gasteiger partial charge in [0.15, 0.2) is 0 Å². The molecule has 0 aliphatic carbocycles. The van der Waals surface area contributed by atoms with E-state index in [2.05, 4.69) is 0 Å². The maximum Gasteiger partial charge on any atom is 0.0487 e. The minimum atomic E-state index is -0.269. The van der Waals surface area contributed by atoms with Crippen LogP contribution in [-0.4, -0.2) is 38.7 Å². The van der Waals surface area contributed by atoms with E-state index in [0.717, 1.165) is 18.4 Å². The summed E-state index contributed by atoms with van der Waals surface area (Å²) in [4.78, 5) is 0. The zero-order chi connectivity index (χ0) is 14.8. The van der Waals surface area contributed by atoms with Gasteiger partial charge in [0.05, 0.1) is 0 Å². The van der Waals surface area contributed by atoms with Gasteiger partial charge in [0, 0.05) is 49.1 Å². The molecule has 1 aromatic carbocycles. The van der Waals surface area contributed by atoms with E-state index < -0.39 is 0 Å². The van der Waals surface area contributed by atoms with Crippen molar-refractivity contribution in [3.63, 3.8) is 0 Å². The summed E-state index contributed by atoms with van der Waals surface area (Å²) in [6.45, 7) is 2.04. The molecule has 0 spiro atoms. The van der Waals surface area contributed by atoms with Crippen molar-refractivity contribution in [1.29, 1.82) is 0 Å². The van der Waals surface area contributed by atoms with Gasteiger partial charge in [-0.2, -0.15) is 0 Å². The fraction of sp³-hybridized carbons (Fsp3) is 0.600. The summed E-state index contributed by atoms with van der Waals surface area (Å²) in [6.07, 6.45) is 1.68. The number of alkyl halides is 2. The molecule has 0 bridgehead atoms. The van der Waals surface area contributed by atoms with Gasteiger partial charge >= 0.3 is 0 Å². The van der Waals surface area contributed by atoms with Crippen molar-refractivity contribution in [2.24, 2.45) is 0 Å². The van der Waals surface area contributed by atoms with Gasteiger partial charge in [-0.3, -0.25) is 0 Å². The molecule has 0 atom stereocenters. The Hall–Kier alpha value is 0.01000. The van der Waals surface area contributed by atoms with Gasteiger partial charge in [0.1, 0.15) is 0 Å². The average Bonchev–Trinajstić information content (AvgIpc) is 2.48. The van der Waals surface area contributed by atoms with Crippen molar-refractivity contribution in [3.8, 4) is 0 Å². The number of rotatable bonds is 10. The topological polar surface area (TPSA) is 18.5 Å². The fourth-order valence-electron chi connectivity index (χ4n) is 1.95. The van der Waals surface area contributed by atoms with Crippen molar-refractivity contribution >= 4 is 34.8 Å². The van der Waals surface area contributed by atoms with E-state index in [0.29, 0.717) is 36.6 Å². The molecule has 0 saturated heterocycles. The molecule has 20 heavy (non-hydrogen) atoms. The van der Waals surface area contributed by atoms with Crippen LogP contribution in [0.25, 0.3) is 0 Å². The largest absolute Gasteiger partial charge is 0.385 e. The second-order valence-electron chi connectivity index (χ2n) is 4.76. The van der Waals surface area contributed by atoms with E-state index in [1.807, 2.05) is 24.3 Å². The maximum absolute atomic E-state index is 6.17. The Labute approximate surface area is 136 Å². The highest BCUT2D eigenvalue weighted by Gasteiger charge is 2.30. The standard InChI is InChI=1S/C15H21Cl3O2/c1-19-8-2-9-20-10-7-15(11-16,12-17)13-3-5-14(18)6-4-13/h3-6H,2,7-12H2,1H3. The van der Waals surface area contributed by atoms with Crippen LogP contribution in [-0.2, 0) is 14.9 Å². The molecule has 1 aromatic rings. The van der Waals surface area contributed by atoms with Crippen molar-refractivity contribution in [2.75, 3.05) is 38.7 Å². The van der Waals surface area contributed by atoms with Gasteiger partial charge in [-0.05, 0) is 30.5 Å². The van der Waals surface area contributed by atoms with Crippen LogP contribution in [0.15, 0.2) is 24.3 Å². The van der Waals surface area contributed by atoms with Crippen molar-refractivity contribution in [2.45, 2.75) is 18.3 Å². The lowest BCUT2D eigenvalue weighted by molar-refractivity contribution is 0.0931. The molecule has 0 fully saturated rings. The Morgan fingerprint density at radius 1 is 1.00 bits per heavy atom. The van der Waals surface area contributed by atoms with Crippen LogP contribution >= 0.6 is 34.8 Å². The lowest BCUT2D eigenvalue weighted by atomic mass is 9.81. The summed E-state index contributed by atoms with van der Waals surface area (Å²) in [7, 11) is 1.69. The molecule has 0 N–H and O–H groups in total. The van der Waals surface area contributed by atoms with Crippen LogP contribution in [0.1, 0.15) is 18.4 Å². The van der Waals surface area contributed by atoms with Crippen LogP contribution in [0.3, 0.4) is 0 Å². The molecule has 0 amide bonds. The number of hydrogen-bond acceptors (Lipinski definition) is 2. The average molecular weight is 340 g/mol. The third-order valence-electron chi connectivity index (χ3n) is 3.33. The SMILES string of the molecule is COCCCOCCC(CCl)(CCl)c1ccc(Cl)cc1. The van der Waals surface area contributed by atoms with E-state index in [4.69, 9.17) is 44.3 Å². The second-order valence-corrected chi connectivity index (χ2v) is 5.73. The first-order valence-electron chi connectivity index (χ1n) is 6.63. The van der Waals surface area contributed by atoms with Gasteiger partial charge in [0.2, 0.25) is 0 Å². The maximum atomic E-state index is 6.17. The van der Waals surface area contributed by atoms with Gasteiger partial charge in [0.25, 0.3) is 0 Å². The first-order valence-corrected chi connectivity index (χ1v) is 8.08. The van der Waals surface area contributed by atoms with Gasteiger partial charge in [-0.25, -0.2) is 0 Å². The van der Waals surface area contributed by atoms with E-state index in [1.165, 1.54) is 0 Å². The second kappa shape index (κ2) is 9.86. The molecule has 0 aliphatic rings. The molecule has 0 heterocycles. The van der Waals surface area contributed by atoms with Crippen LogP contribution in [0.5, 0.6) is 0 Å². The zero-order valence-corrected chi connectivity index (χ0v) is 14.0. The third-order valence-corrected chi connectivity index (χ3v) is 4.61. The lowest BCUT2D eigenvalue weighted by Crippen LogP contribution is -2.32. The highest BCUT2D eigenvalue weighted by molar-refractivity contribution is 6.30. The summed E-state index contributed by atoms with van der Waals surface area (Å²) in [5, 5.41) is 0.711. The normalized spacial score (nSPS) is 11.8. The fourth-order valence-corrected chi connectivity index (χ4v) is 2.93. The molecule has 114 valence electrons. The number of ether oxygens (including phenoxy) is 2. The number of benzene rings is 1. The monoisotopic (exact) mass is 338 g/mol. The van der Waals surface area contributed by atoms with Crippen molar-refractivity contribution in [1.82, 2.24) is 0 Å². The summed E-state index contributed by atoms with van der Waals surface area (Å²) < 4.78 is 10.6. The predicted molar refractivity (Wildman–Crippen MR) is 86.5 cm³/mol. The summed E-state index contributed by atoms with van der Waals surface area (Å²) >= 11 is 18.3. The molecular weight excluding hydrogens is 319 g/mol. The van der Waals surface area contributed by atoms with Crippen LogP contribution < -0.4 is 0 Å². The first-order chi connectivity index (χ1) is 9.68. The number of halogens is 3. The van der Waals surface area contributed by atoms with Gasteiger partial charge < -0.3 is 9.47 Å². The molecular formula is C15H21Cl3O2. The van der Waals surface area contributed by atoms with Crippen LogP contribution in [0.4, 0.5) is 0 Å². The van der Waals surface area contributed by atoms with Gasteiger partial charge in [-0.15, -0.1) is 23.2 Å². The Morgan fingerprint density at radius 3 is 2.20 bits per heavy atom. The number of methoxy groups -OCH3 is 1. The summed E-state index contributed by atoms with van der Waals surface area (Å²) in [5.41, 5.74) is 0.835. The Kier molecular flexibility index (Phi) is 8.90. The number of hydrogen-bond donors (Lipinski definition) is 0. The Bertz CT molecular complexity index is 364. The summed E-state index contributed by atoms with van der Waals surface area (Å²) in [5.74, 6) is 0.916. The molecule has 5 heteroatoms. The van der Waals surface area contributed by atoms with Crippen LogP contribution in [0.2, 0.25) is 5.02 Å². The Balaban J connectivity index is 2.56. The quantitative estimate of drug-likeness (QED) is 0.461. The van der Waals surface area contributed by atoms with Crippen molar-refractivity contribution in [3.05, 3.63) is 34.9 Å². The zero-order valence-electron chi connectivity index (χ0n) is 11.7. The molecule has 0 aliphatic heterocycles. The van der Waals surface area contributed by atoms with Crippen molar-refractivity contribution < 1.29 is 9.47 Å². The molecule has 0 aromatic heterocycles. The summed E-state index contributed by atoms with van der Waals surface area (Å²) in [6, 6.07) is 7.70. The molecule has 2 nitrogen and oxygen atoms in total. The molecule has 0 radical (unpaired) electrons. The smallest absolute Gasteiger partial charge is 0.0487 e. The van der Waals surface area contributed by atoms with E-state index in [1.54, 1.807) is 7.11 Å². The Morgan fingerprint density at radius 2 is 1.65 bits per heavy atom. The van der Waals surface area contributed by atoms with E-state index in [9.17, 15) is 0 Å². The van der Waals surface area contributed by atoms with E-state index >= 15 is 0 Å². The van der Waals surface area contributed by atoms with Crippen LogP contribution in [0, 0.1) is 0 Å². The predicted octanol–water partition coefficient (Wildman–Crippen LogP) is 4.50. The van der Waals surface area contributed by atoms with Gasteiger partial charge in [-0.1, -0.05) is 23.7 Å². The molecule has 1 rings (SSSR count). The van der Waals surface area contributed by atoms with E-state index in [-0.39, 0.29) is 5.41 Å². The highest BCUT2D eigenvalue weighted by atomic mass is 35.5. The first kappa shape index (κ1) is 18.1.